The number of hydrogen-bond donors (Lipinski definition) is 1. The van der Waals surface area contributed by atoms with Gasteiger partial charge in [-0.25, -0.2) is 13.2 Å². The van der Waals surface area contributed by atoms with Crippen LogP contribution in [0.1, 0.15) is 43.0 Å². The van der Waals surface area contributed by atoms with Crippen LogP contribution in [-0.2, 0) is 19.6 Å². The Balaban J connectivity index is 1.32. The maximum Gasteiger partial charge on any atom is 0.338 e. The summed E-state index contributed by atoms with van der Waals surface area (Å²) in [7, 11) is -3.62. The first-order chi connectivity index (χ1) is 15.9. The number of carbonyl (C=O) groups excluding carboxylic acids is 2. The van der Waals surface area contributed by atoms with E-state index in [1.54, 1.807) is 42.5 Å². The summed E-state index contributed by atoms with van der Waals surface area (Å²) in [5.41, 5.74) is 1.65. The van der Waals surface area contributed by atoms with Crippen LogP contribution in [0, 0.1) is 0 Å². The first-order valence-corrected chi connectivity index (χ1v) is 12.5. The number of esters is 1. The number of ether oxygens (including phenoxy) is 1. The summed E-state index contributed by atoms with van der Waals surface area (Å²) in [6.45, 7) is 2.63. The average Bonchev–Trinajstić information content (AvgIpc) is 3.03. The zero-order valence-corrected chi connectivity index (χ0v) is 19.2. The maximum absolute atomic E-state index is 13.0. The second-order valence-corrected chi connectivity index (χ2v) is 9.76. The molecule has 4 rings (SSSR count). The molecule has 1 aliphatic rings. The van der Waals surface area contributed by atoms with Crippen molar-refractivity contribution in [2.24, 2.45) is 0 Å². The highest BCUT2D eigenvalue weighted by atomic mass is 32.2. The number of unbranched alkanes of at least 4 members (excludes halogenated alkanes) is 1. The van der Waals surface area contributed by atoms with Crippen LogP contribution in [0.2, 0.25) is 0 Å². The van der Waals surface area contributed by atoms with Crippen molar-refractivity contribution in [1.82, 2.24) is 0 Å². The lowest BCUT2D eigenvalue weighted by atomic mass is 10.1. The molecule has 0 aromatic heterocycles. The van der Waals surface area contributed by atoms with Gasteiger partial charge in [-0.3, -0.25) is 9.10 Å². The summed E-state index contributed by atoms with van der Waals surface area (Å²) >= 11 is 0. The lowest BCUT2D eigenvalue weighted by molar-refractivity contribution is -0.116. The van der Waals surface area contributed by atoms with E-state index in [9.17, 15) is 18.0 Å². The first-order valence-electron chi connectivity index (χ1n) is 11.0. The van der Waals surface area contributed by atoms with E-state index in [0.29, 0.717) is 34.9 Å². The SMILES string of the molecule is CCCCOC(=O)c1ccc(NC(=O)CCCN2c3cccc4cccc(c34)S2(=O)=O)cc1. The number of hydrogen-bond acceptors (Lipinski definition) is 5. The van der Waals surface area contributed by atoms with Crippen molar-refractivity contribution in [2.45, 2.75) is 37.5 Å². The van der Waals surface area contributed by atoms with Crippen LogP contribution in [-0.4, -0.2) is 33.4 Å². The minimum absolute atomic E-state index is 0.166. The molecule has 0 radical (unpaired) electrons. The van der Waals surface area contributed by atoms with Gasteiger partial charge < -0.3 is 10.1 Å². The Labute approximate surface area is 193 Å². The predicted octanol–water partition coefficient (Wildman–Crippen LogP) is 4.72. The Hall–Kier alpha value is -3.39. The molecule has 1 amide bonds. The summed E-state index contributed by atoms with van der Waals surface area (Å²) in [6.07, 6.45) is 2.31. The van der Waals surface area contributed by atoms with Crippen molar-refractivity contribution in [2.75, 3.05) is 22.8 Å². The molecule has 3 aromatic rings. The molecular formula is C25H26N2O5S. The van der Waals surface area contributed by atoms with Crippen molar-refractivity contribution in [3.63, 3.8) is 0 Å². The Bertz CT molecular complexity index is 1280. The lowest BCUT2D eigenvalue weighted by Gasteiger charge is -2.18. The van der Waals surface area contributed by atoms with Crippen molar-refractivity contribution in [1.29, 1.82) is 0 Å². The van der Waals surface area contributed by atoms with Crippen LogP contribution in [0.4, 0.5) is 11.4 Å². The van der Waals surface area contributed by atoms with Gasteiger partial charge in [0.2, 0.25) is 5.91 Å². The zero-order valence-electron chi connectivity index (χ0n) is 18.4. The van der Waals surface area contributed by atoms with Crippen LogP contribution < -0.4 is 9.62 Å². The number of rotatable bonds is 9. The number of carbonyl (C=O) groups is 2. The molecule has 0 saturated heterocycles. The first kappa shape index (κ1) is 22.8. The molecule has 1 aliphatic heterocycles. The van der Waals surface area contributed by atoms with Crippen LogP contribution in [0.5, 0.6) is 0 Å². The maximum atomic E-state index is 13.0. The lowest BCUT2D eigenvalue weighted by Crippen LogP contribution is -2.28. The van der Waals surface area contributed by atoms with Crippen LogP contribution in [0.25, 0.3) is 10.8 Å². The van der Waals surface area contributed by atoms with Gasteiger partial charge in [-0.1, -0.05) is 37.6 Å². The Morgan fingerprint density at radius 1 is 0.970 bits per heavy atom. The molecule has 8 heteroatoms. The number of nitrogens with one attached hydrogen (secondary N) is 1. The van der Waals surface area contributed by atoms with Gasteiger partial charge in [0.25, 0.3) is 10.0 Å². The number of anilines is 2. The third-order valence-electron chi connectivity index (χ3n) is 5.58. The van der Waals surface area contributed by atoms with E-state index in [4.69, 9.17) is 4.74 Å². The second kappa shape index (κ2) is 9.62. The van der Waals surface area contributed by atoms with E-state index >= 15 is 0 Å². The summed E-state index contributed by atoms with van der Waals surface area (Å²) in [6, 6.07) is 17.3. The van der Waals surface area contributed by atoms with Crippen LogP contribution >= 0.6 is 0 Å². The normalized spacial score (nSPS) is 13.8. The monoisotopic (exact) mass is 466 g/mol. The van der Waals surface area contributed by atoms with Crippen molar-refractivity contribution in [3.05, 3.63) is 66.2 Å². The third kappa shape index (κ3) is 4.71. The largest absolute Gasteiger partial charge is 0.462 e. The van der Waals surface area contributed by atoms with E-state index < -0.39 is 10.0 Å². The second-order valence-electron chi connectivity index (χ2n) is 7.93. The predicted molar refractivity (Wildman–Crippen MR) is 128 cm³/mol. The molecule has 3 aromatic carbocycles. The average molecular weight is 467 g/mol. The van der Waals surface area contributed by atoms with Crippen molar-refractivity contribution >= 4 is 44.0 Å². The molecule has 0 unspecified atom stereocenters. The van der Waals surface area contributed by atoms with Gasteiger partial charge >= 0.3 is 5.97 Å². The van der Waals surface area contributed by atoms with E-state index in [0.717, 1.165) is 23.6 Å². The van der Waals surface area contributed by atoms with E-state index in [2.05, 4.69) is 5.32 Å². The third-order valence-corrected chi connectivity index (χ3v) is 7.44. The van der Waals surface area contributed by atoms with Gasteiger partial charge in [0.05, 0.1) is 22.8 Å². The minimum atomic E-state index is -3.62. The Morgan fingerprint density at radius 2 is 1.70 bits per heavy atom. The molecule has 0 atom stereocenters. The van der Waals surface area contributed by atoms with E-state index in [-0.39, 0.29) is 24.8 Å². The Kier molecular flexibility index (Phi) is 6.65. The molecule has 0 fully saturated rings. The fourth-order valence-electron chi connectivity index (χ4n) is 3.89. The van der Waals surface area contributed by atoms with Gasteiger partial charge in [-0.2, -0.15) is 0 Å². The highest BCUT2D eigenvalue weighted by molar-refractivity contribution is 7.93. The molecular weight excluding hydrogens is 440 g/mol. The standard InChI is InChI=1S/C25H26N2O5S/c1-2-3-17-32-25(29)19-12-14-20(15-13-19)26-23(28)11-6-16-27-21-9-4-7-18-8-5-10-22(24(18)21)33(27,30)31/h4-5,7-10,12-15H,2-3,6,11,16-17H2,1H3,(H,26,28). The fourth-order valence-corrected chi connectivity index (χ4v) is 5.64. The van der Waals surface area contributed by atoms with E-state index in [1.807, 2.05) is 25.1 Å². The van der Waals surface area contributed by atoms with Crippen LogP contribution in [0.3, 0.4) is 0 Å². The van der Waals surface area contributed by atoms with Gasteiger partial charge in [0.1, 0.15) is 0 Å². The van der Waals surface area contributed by atoms with Gasteiger partial charge in [-0.05, 0) is 54.6 Å². The summed E-state index contributed by atoms with van der Waals surface area (Å²) in [5, 5.41) is 4.40. The summed E-state index contributed by atoms with van der Waals surface area (Å²) in [5.74, 6) is -0.607. The molecule has 0 aliphatic carbocycles. The zero-order chi connectivity index (χ0) is 23.4. The molecule has 1 N–H and O–H groups in total. The number of nitrogens with zero attached hydrogens (tertiary/aromatic N) is 1. The van der Waals surface area contributed by atoms with Gasteiger partial charge in [0, 0.05) is 24.0 Å². The molecule has 33 heavy (non-hydrogen) atoms. The molecule has 0 saturated carbocycles. The Morgan fingerprint density at radius 3 is 2.42 bits per heavy atom. The number of benzene rings is 3. The van der Waals surface area contributed by atoms with E-state index in [1.165, 1.54) is 4.31 Å². The molecule has 0 spiro atoms. The molecule has 0 bridgehead atoms. The topological polar surface area (TPSA) is 92.8 Å². The highest BCUT2D eigenvalue weighted by Gasteiger charge is 2.35. The fraction of sp³-hybridized carbons (Fsp3) is 0.280. The molecule has 7 nitrogen and oxygen atoms in total. The van der Waals surface area contributed by atoms with Crippen LogP contribution in [0.15, 0.2) is 65.6 Å². The smallest absolute Gasteiger partial charge is 0.338 e. The highest BCUT2D eigenvalue weighted by Crippen LogP contribution is 2.41. The molecule has 1 heterocycles. The quantitative estimate of drug-likeness (QED) is 0.364. The molecule has 172 valence electrons. The number of amides is 1. The van der Waals surface area contributed by atoms with Gasteiger partial charge in [0.15, 0.2) is 0 Å². The number of sulfonamides is 1. The summed E-state index contributed by atoms with van der Waals surface area (Å²) < 4.78 is 32.5. The van der Waals surface area contributed by atoms with Crippen molar-refractivity contribution < 1.29 is 22.7 Å². The summed E-state index contributed by atoms with van der Waals surface area (Å²) in [4.78, 5) is 24.7. The minimum Gasteiger partial charge on any atom is -0.462 e. The van der Waals surface area contributed by atoms with Crippen molar-refractivity contribution in [3.8, 4) is 0 Å². The van der Waals surface area contributed by atoms with Gasteiger partial charge in [-0.15, -0.1) is 0 Å².